The third kappa shape index (κ3) is 4.70. The molecule has 0 saturated carbocycles. The van der Waals surface area contributed by atoms with Crippen LogP contribution in [0, 0.1) is 11.6 Å². The molecule has 112 valence electrons. The second kappa shape index (κ2) is 7.78. The average molecular weight is 328 g/mol. The minimum atomic E-state index is -0.417. The largest absolute Gasteiger partial charge is 0.316 e. The van der Waals surface area contributed by atoms with E-state index >= 15 is 0 Å². The molecular weight excluding hydrogens is 312 g/mol. The lowest BCUT2D eigenvalue weighted by atomic mass is 10.1. The van der Waals surface area contributed by atoms with E-state index in [1.54, 1.807) is 11.8 Å². The minimum Gasteiger partial charge on any atom is -0.316 e. The molecule has 2 aromatic carbocycles. The van der Waals surface area contributed by atoms with E-state index in [0.717, 1.165) is 16.7 Å². The van der Waals surface area contributed by atoms with Gasteiger partial charge in [-0.1, -0.05) is 23.7 Å². The van der Waals surface area contributed by atoms with Crippen molar-refractivity contribution in [1.29, 1.82) is 0 Å². The fourth-order valence-corrected chi connectivity index (χ4v) is 3.31. The van der Waals surface area contributed by atoms with Crippen LogP contribution in [0.4, 0.5) is 8.78 Å². The van der Waals surface area contributed by atoms with E-state index in [1.807, 2.05) is 31.3 Å². The Morgan fingerprint density at radius 1 is 1.19 bits per heavy atom. The van der Waals surface area contributed by atoms with Gasteiger partial charge in [0.05, 0.1) is 5.02 Å². The Balaban J connectivity index is 2.00. The quantitative estimate of drug-likeness (QED) is 0.782. The highest BCUT2D eigenvalue weighted by Gasteiger charge is 2.13. The summed E-state index contributed by atoms with van der Waals surface area (Å²) in [5.74, 6) is -0.0738. The van der Waals surface area contributed by atoms with Crippen molar-refractivity contribution in [2.24, 2.45) is 0 Å². The van der Waals surface area contributed by atoms with Crippen LogP contribution in [-0.2, 0) is 6.42 Å². The fourth-order valence-electron chi connectivity index (χ4n) is 1.96. The topological polar surface area (TPSA) is 12.0 Å². The van der Waals surface area contributed by atoms with Crippen molar-refractivity contribution < 1.29 is 8.78 Å². The van der Waals surface area contributed by atoms with Gasteiger partial charge >= 0.3 is 0 Å². The normalized spacial score (nSPS) is 12.4. The maximum absolute atomic E-state index is 13.7. The average Bonchev–Trinajstić information content (AvgIpc) is 2.48. The summed E-state index contributed by atoms with van der Waals surface area (Å²) in [6.07, 6.45) is 0.428. The van der Waals surface area contributed by atoms with Crippen molar-refractivity contribution in [3.63, 3.8) is 0 Å². The molecule has 0 saturated heterocycles. The Labute approximate surface area is 132 Å². The zero-order chi connectivity index (χ0) is 15.2. The van der Waals surface area contributed by atoms with E-state index in [-0.39, 0.29) is 11.9 Å². The summed E-state index contributed by atoms with van der Waals surface area (Å²) in [5, 5.41) is 3.84. The van der Waals surface area contributed by atoms with Crippen LogP contribution >= 0.6 is 23.4 Å². The first-order valence-electron chi connectivity index (χ1n) is 6.58. The lowest BCUT2D eigenvalue weighted by Crippen LogP contribution is -2.30. The molecule has 1 unspecified atom stereocenters. The van der Waals surface area contributed by atoms with Crippen LogP contribution < -0.4 is 5.32 Å². The standard InChI is InChI=1S/C16H16ClF2NS/c1-20-13(9-11-8-12(18)6-7-15(11)19)10-21-16-5-3-2-4-14(16)17/h2-8,13,20H,9-10H2,1H3. The van der Waals surface area contributed by atoms with Gasteiger partial charge in [-0.15, -0.1) is 11.8 Å². The molecule has 0 bridgehead atoms. The van der Waals surface area contributed by atoms with Crippen LogP contribution in [0.5, 0.6) is 0 Å². The molecule has 0 aliphatic heterocycles. The number of likely N-dealkylation sites (N-methyl/N-ethyl adjacent to an activating group) is 1. The van der Waals surface area contributed by atoms with Crippen LogP contribution in [0.15, 0.2) is 47.4 Å². The maximum atomic E-state index is 13.7. The second-order valence-corrected chi connectivity index (χ2v) is 6.14. The lowest BCUT2D eigenvalue weighted by molar-refractivity contribution is 0.555. The number of benzene rings is 2. The summed E-state index contributed by atoms with van der Waals surface area (Å²) in [5.41, 5.74) is 0.383. The summed E-state index contributed by atoms with van der Waals surface area (Å²) >= 11 is 7.70. The van der Waals surface area contributed by atoms with E-state index in [1.165, 1.54) is 12.1 Å². The van der Waals surface area contributed by atoms with Gasteiger partial charge in [-0.25, -0.2) is 8.78 Å². The molecule has 0 amide bonds. The van der Waals surface area contributed by atoms with Crippen molar-refractivity contribution in [1.82, 2.24) is 5.32 Å². The third-order valence-electron chi connectivity index (χ3n) is 3.16. The Morgan fingerprint density at radius 3 is 2.67 bits per heavy atom. The minimum absolute atomic E-state index is 0.0302. The van der Waals surface area contributed by atoms with Gasteiger partial charge in [0.2, 0.25) is 0 Å². The maximum Gasteiger partial charge on any atom is 0.126 e. The molecule has 2 rings (SSSR count). The monoisotopic (exact) mass is 327 g/mol. The summed E-state index contributed by atoms with van der Waals surface area (Å²) in [6.45, 7) is 0. The Bertz CT molecular complexity index is 607. The molecule has 0 aromatic heterocycles. The van der Waals surface area contributed by atoms with Crippen LogP contribution in [0.1, 0.15) is 5.56 Å². The van der Waals surface area contributed by atoms with Gasteiger partial charge in [0.25, 0.3) is 0 Å². The molecule has 1 N–H and O–H groups in total. The summed E-state index contributed by atoms with van der Waals surface area (Å²) in [4.78, 5) is 0.985. The summed E-state index contributed by atoms with van der Waals surface area (Å²) in [6, 6.07) is 11.2. The number of rotatable bonds is 6. The van der Waals surface area contributed by atoms with Crippen LogP contribution in [0.25, 0.3) is 0 Å². The van der Waals surface area contributed by atoms with Crippen LogP contribution in [-0.4, -0.2) is 18.8 Å². The molecule has 2 aromatic rings. The van der Waals surface area contributed by atoms with E-state index in [2.05, 4.69) is 5.32 Å². The van der Waals surface area contributed by atoms with Crippen molar-refractivity contribution >= 4 is 23.4 Å². The van der Waals surface area contributed by atoms with Crippen molar-refractivity contribution in [2.45, 2.75) is 17.4 Å². The van der Waals surface area contributed by atoms with Crippen molar-refractivity contribution in [3.05, 3.63) is 64.7 Å². The van der Waals surface area contributed by atoms with Gasteiger partial charge in [0.1, 0.15) is 11.6 Å². The molecule has 0 heterocycles. The molecule has 1 nitrogen and oxygen atoms in total. The van der Waals surface area contributed by atoms with E-state index < -0.39 is 5.82 Å². The first-order chi connectivity index (χ1) is 10.1. The Hall–Kier alpha value is -1.10. The number of hydrogen-bond acceptors (Lipinski definition) is 2. The highest BCUT2D eigenvalue weighted by Crippen LogP contribution is 2.27. The molecule has 0 radical (unpaired) electrons. The molecule has 5 heteroatoms. The smallest absolute Gasteiger partial charge is 0.126 e. The molecule has 0 aliphatic carbocycles. The zero-order valence-corrected chi connectivity index (χ0v) is 13.1. The van der Waals surface area contributed by atoms with E-state index in [4.69, 9.17) is 11.6 Å². The summed E-state index contributed by atoms with van der Waals surface area (Å²) < 4.78 is 26.9. The van der Waals surface area contributed by atoms with Crippen LogP contribution in [0.2, 0.25) is 5.02 Å². The van der Waals surface area contributed by atoms with Crippen molar-refractivity contribution in [3.8, 4) is 0 Å². The SMILES string of the molecule is CNC(CSc1ccccc1Cl)Cc1cc(F)ccc1F. The number of halogens is 3. The zero-order valence-electron chi connectivity index (χ0n) is 11.6. The number of nitrogens with one attached hydrogen (secondary N) is 1. The highest BCUT2D eigenvalue weighted by atomic mass is 35.5. The molecule has 21 heavy (non-hydrogen) atoms. The first-order valence-corrected chi connectivity index (χ1v) is 7.95. The third-order valence-corrected chi connectivity index (χ3v) is 4.84. The molecule has 0 aliphatic rings. The van der Waals surface area contributed by atoms with Crippen molar-refractivity contribution in [2.75, 3.05) is 12.8 Å². The summed E-state index contributed by atoms with van der Waals surface area (Å²) in [7, 11) is 1.81. The molecule has 1 atom stereocenters. The number of thioether (sulfide) groups is 1. The van der Waals surface area contributed by atoms with Gasteiger partial charge in [0.15, 0.2) is 0 Å². The Morgan fingerprint density at radius 2 is 1.95 bits per heavy atom. The predicted molar refractivity (Wildman–Crippen MR) is 85.1 cm³/mol. The van der Waals surface area contributed by atoms with Gasteiger partial charge in [-0.3, -0.25) is 0 Å². The molecule has 0 fully saturated rings. The predicted octanol–water partition coefficient (Wildman–Crippen LogP) is 4.54. The second-order valence-electron chi connectivity index (χ2n) is 4.67. The number of hydrogen-bond donors (Lipinski definition) is 1. The van der Waals surface area contributed by atoms with Crippen LogP contribution in [0.3, 0.4) is 0 Å². The molecule has 0 spiro atoms. The lowest BCUT2D eigenvalue weighted by Gasteiger charge is -2.16. The van der Waals surface area contributed by atoms with Gasteiger partial charge in [-0.05, 0) is 49.4 Å². The fraction of sp³-hybridized carbons (Fsp3) is 0.250. The highest BCUT2D eigenvalue weighted by molar-refractivity contribution is 7.99. The van der Waals surface area contributed by atoms with Gasteiger partial charge < -0.3 is 5.32 Å². The van der Waals surface area contributed by atoms with E-state index in [9.17, 15) is 8.78 Å². The van der Waals surface area contributed by atoms with E-state index in [0.29, 0.717) is 17.0 Å². The van der Waals surface area contributed by atoms with Gasteiger partial charge in [0, 0.05) is 16.7 Å². The molecular formula is C16H16ClF2NS. The Kier molecular flexibility index (Phi) is 6.03. The first kappa shape index (κ1) is 16.3. The van der Waals surface area contributed by atoms with Gasteiger partial charge in [-0.2, -0.15) is 0 Å².